The average Bonchev–Trinajstić information content (AvgIpc) is 3.60. The molecule has 0 spiro atoms. The van der Waals surface area contributed by atoms with Gasteiger partial charge in [0.25, 0.3) is 11.8 Å². The third-order valence-corrected chi connectivity index (χ3v) is 15.3. The van der Waals surface area contributed by atoms with Crippen molar-refractivity contribution in [2.24, 2.45) is 21.6 Å². The normalized spacial score (nSPS) is 16.0. The van der Waals surface area contributed by atoms with Crippen molar-refractivity contribution in [3.63, 3.8) is 0 Å². The molecule has 0 aliphatic carbocycles. The molecule has 0 aromatic heterocycles. The summed E-state index contributed by atoms with van der Waals surface area (Å²) >= 11 is 0. The van der Waals surface area contributed by atoms with Gasteiger partial charge in [0.2, 0.25) is 17.7 Å². The van der Waals surface area contributed by atoms with Gasteiger partial charge in [-0.05, 0) is 115 Å². The summed E-state index contributed by atoms with van der Waals surface area (Å²) in [6, 6.07) is 23.9. The van der Waals surface area contributed by atoms with Gasteiger partial charge in [0, 0.05) is 62.0 Å². The molecular weight excluding hydrogens is 1100 g/mol. The van der Waals surface area contributed by atoms with Crippen LogP contribution in [0.2, 0.25) is 0 Å². The van der Waals surface area contributed by atoms with Crippen LogP contribution >= 0.6 is 0 Å². The maximum atomic E-state index is 14.3. The summed E-state index contributed by atoms with van der Waals surface area (Å²) in [4.78, 5) is 105. The van der Waals surface area contributed by atoms with E-state index in [1.54, 1.807) is 86.7 Å². The van der Waals surface area contributed by atoms with Crippen molar-refractivity contribution in [3.05, 3.63) is 130 Å². The first-order valence-corrected chi connectivity index (χ1v) is 28.8. The Hall–Kier alpha value is -9.51. The first-order valence-electron chi connectivity index (χ1n) is 28.8. The van der Waals surface area contributed by atoms with Crippen LogP contribution in [0.4, 0.5) is 32.3 Å². The fourth-order valence-electron chi connectivity index (χ4n) is 10.7. The Morgan fingerprint density at radius 1 is 0.663 bits per heavy atom. The highest BCUT2D eigenvalue weighted by Gasteiger charge is 2.36. The molecule has 5 aromatic rings. The van der Waals surface area contributed by atoms with Gasteiger partial charge >= 0.3 is 12.1 Å². The number of methoxy groups -OCH3 is 2. The Morgan fingerprint density at radius 2 is 1.24 bits per heavy atom. The number of nitrogens with two attached hydrogens (primary N) is 1. The number of amides is 8. The highest BCUT2D eigenvalue weighted by atomic mass is 16.5. The minimum absolute atomic E-state index is 0.0930. The average molecular weight is 1180 g/mol. The lowest BCUT2D eigenvalue weighted by Gasteiger charge is -2.34. The van der Waals surface area contributed by atoms with Crippen molar-refractivity contribution in [3.8, 4) is 23.0 Å². The van der Waals surface area contributed by atoms with E-state index in [0.717, 1.165) is 29.5 Å². The number of hydrogen-bond acceptors (Lipinski definition) is 15. The number of nitrogens with zero attached hydrogens (tertiary/aromatic N) is 4. The fraction of sp³-hybridized carbons (Fsp3) is 0.381. The molecule has 0 fully saturated rings. The maximum Gasteiger partial charge on any atom is 0.411 e. The summed E-state index contributed by atoms with van der Waals surface area (Å²) in [6.07, 6.45) is 6.58. The number of carbonyl (C=O) groups excluding carboxylic acids is 7. The molecule has 8 amide bonds. The van der Waals surface area contributed by atoms with Gasteiger partial charge in [0.15, 0.2) is 23.0 Å². The molecule has 0 saturated carbocycles. The second-order valence-corrected chi connectivity index (χ2v) is 21.7. The molecule has 4 atom stereocenters. The zero-order valence-electron chi connectivity index (χ0n) is 48.5. The molecule has 5 aromatic carbocycles. The zero-order valence-corrected chi connectivity index (χ0v) is 48.5. The predicted molar refractivity (Wildman–Crippen MR) is 321 cm³/mol. The van der Waals surface area contributed by atoms with Gasteiger partial charge in [-0.2, -0.15) is 0 Å². The van der Waals surface area contributed by atoms with Crippen LogP contribution in [0.25, 0.3) is 0 Å². The van der Waals surface area contributed by atoms with Gasteiger partial charge in [-0.15, -0.1) is 0 Å². The summed E-state index contributed by atoms with van der Waals surface area (Å²) in [6.45, 7) is 4.69. The topological polar surface area (TPSA) is 303 Å². The molecule has 86 heavy (non-hydrogen) atoms. The highest BCUT2D eigenvalue weighted by Crippen LogP contribution is 2.41. The van der Waals surface area contributed by atoms with E-state index >= 15 is 0 Å². The summed E-state index contributed by atoms with van der Waals surface area (Å²) in [5, 5.41) is 22.5. The van der Waals surface area contributed by atoms with Gasteiger partial charge in [0.05, 0.1) is 68.6 Å². The van der Waals surface area contributed by atoms with Crippen LogP contribution in [0.1, 0.15) is 101 Å². The number of benzene rings is 5. The van der Waals surface area contributed by atoms with Crippen molar-refractivity contribution >= 4 is 76.8 Å². The number of urea groups is 1. The Bertz CT molecular complexity index is 3410. The lowest BCUT2D eigenvalue weighted by molar-refractivity contribution is -0.132. The minimum atomic E-state index is -1.05. The number of anilines is 2. The van der Waals surface area contributed by atoms with Crippen LogP contribution in [0.5, 0.6) is 23.0 Å². The number of nitrogens with one attached hydrogen (secondary N) is 5. The molecule has 0 saturated heterocycles. The van der Waals surface area contributed by atoms with E-state index in [1.807, 2.05) is 35.4 Å². The maximum absolute atomic E-state index is 14.3. The molecular formula is C63H72N10O13. The molecule has 23 heteroatoms. The highest BCUT2D eigenvalue weighted by molar-refractivity contribution is 6.05. The SMILES string of the molecule is COc1cc2c(cc1OCCCCCOc1cc3c(cc1OC)C(=O)N1Cc4ccccc4C[C@H]1C=N3)N=CC1Cc3ccc(NC(=O)OCc4ccc(NC(=O)[C@H](CCCNC(N)=O)NC(=O)[C@@H](NC(=O)CCO)C(C)C)cc4)cc3CN1C2=O. The molecule has 23 nitrogen and oxygen atoms in total. The second-order valence-electron chi connectivity index (χ2n) is 21.7. The number of ether oxygens (including phenoxy) is 5. The molecule has 0 radical (unpaired) electrons. The smallest absolute Gasteiger partial charge is 0.411 e. The summed E-state index contributed by atoms with van der Waals surface area (Å²) < 4.78 is 29.3. The van der Waals surface area contributed by atoms with Crippen molar-refractivity contribution in [1.82, 2.24) is 25.8 Å². The largest absolute Gasteiger partial charge is 0.493 e. The molecule has 1 unspecified atom stereocenters. The van der Waals surface area contributed by atoms with E-state index in [0.29, 0.717) is 108 Å². The van der Waals surface area contributed by atoms with Crippen molar-refractivity contribution in [2.75, 3.05) is 51.2 Å². The van der Waals surface area contributed by atoms with Gasteiger partial charge in [0.1, 0.15) is 18.7 Å². The summed E-state index contributed by atoms with van der Waals surface area (Å²) in [7, 11) is 3.08. The molecule has 0 bridgehead atoms. The lowest BCUT2D eigenvalue weighted by Crippen LogP contribution is -2.54. The molecule has 4 aliphatic rings. The quantitative estimate of drug-likeness (QED) is 0.0289. The predicted octanol–water partition coefficient (Wildman–Crippen LogP) is 7.04. The lowest BCUT2D eigenvalue weighted by atomic mass is 9.93. The van der Waals surface area contributed by atoms with Crippen LogP contribution in [-0.2, 0) is 51.7 Å². The van der Waals surface area contributed by atoms with Gasteiger partial charge in [-0.1, -0.05) is 56.3 Å². The number of aliphatic hydroxyl groups excluding tert-OH is 1. The van der Waals surface area contributed by atoms with Gasteiger partial charge < -0.3 is 65.6 Å². The first-order chi connectivity index (χ1) is 41.6. The summed E-state index contributed by atoms with van der Waals surface area (Å²) in [5.41, 5.74) is 12.7. The van der Waals surface area contributed by atoms with E-state index in [2.05, 4.69) is 38.7 Å². The monoisotopic (exact) mass is 1180 g/mol. The Kier molecular flexibility index (Phi) is 20.2. The number of aliphatic hydroxyl groups is 1. The number of aliphatic imine (C=N–C) groups is 2. The van der Waals surface area contributed by atoms with E-state index < -0.39 is 41.9 Å². The van der Waals surface area contributed by atoms with E-state index in [9.17, 15) is 33.6 Å². The van der Waals surface area contributed by atoms with Crippen LogP contribution in [0.15, 0.2) is 101 Å². The second kappa shape index (κ2) is 28.4. The number of unbranched alkanes of at least 4 members (excludes halogenated alkanes) is 2. The number of carbonyl (C=O) groups is 7. The third kappa shape index (κ3) is 15.1. The van der Waals surface area contributed by atoms with Crippen molar-refractivity contribution in [1.29, 1.82) is 0 Å². The standard InChI is InChI=1S/C63H72N10O13/c1-37(2)57(71-56(75)20-22-74)59(77)70-49(13-10-21-65-62(64)80)58(76)68-43-17-14-38(15-18-43)36-86-63(81)69-44-19-16-40-27-46-33-67-51-31-55(53(83-4)29-48(51)61(79)73(46)35-42(40)25-44)85-24-9-5-8-23-84-54-30-50-47(28-52(54)82-3)60(78)72-34-41-12-7-6-11-39(41)26-45(72)32-66-50/h6-7,11-12,14-19,25,28-33,37,45-46,49,57,74H,5,8-10,13,20-24,26-27,34-36H2,1-4H3,(H,68,76)(H,69,81)(H,70,77)(H,71,75)(H3,64,65,80)/t45-,46?,49-,57-/m0/s1. The van der Waals surface area contributed by atoms with Gasteiger partial charge in [-0.3, -0.25) is 39.3 Å². The van der Waals surface area contributed by atoms with E-state index in [4.69, 9.17) is 44.5 Å². The van der Waals surface area contributed by atoms with Gasteiger partial charge in [-0.25, -0.2) is 9.59 Å². The summed E-state index contributed by atoms with van der Waals surface area (Å²) in [5.74, 6) is -0.480. The molecule has 9 rings (SSSR count). The molecule has 4 heterocycles. The Labute approximate surface area is 498 Å². The molecule has 452 valence electrons. The molecule has 4 aliphatic heterocycles. The van der Waals surface area contributed by atoms with E-state index in [1.165, 1.54) is 12.7 Å². The number of fused-ring (bicyclic) bond motifs is 6. The van der Waals surface area contributed by atoms with Crippen LogP contribution in [-0.4, -0.2) is 134 Å². The molecule has 8 N–H and O–H groups in total. The number of primary amides is 1. The Balaban J connectivity index is 0.733. The van der Waals surface area contributed by atoms with E-state index in [-0.39, 0.29) is 69.0 Å². The van der Waals surface area contributed by atoms with Crippen LogP contribution in [0.3, 0.4) is 0 Å². The van der Waals surface area contributed by atoms with Crippen LogP contribution in [0, 0.1) is 5.92 Å². The third-order valence-electron chi connectivity index (χ3n) is 15.3. The number of hydrogen-bond donors (Lipinski definition) is 7. The van der Waals surface area contributed by atoms with Crippen molar-refractivity contribution < 1.29 is 62.4 Å². The fourth-order valence-corrected chi connectivity index (χ4v) is 10.7. The first kappa shape index (κ1) is 61.1. The number of rotatable bonds is 25. The Morgan fingerprint density at radius 3 is 1.83 bits per heavy atom. The zero-order chi connectivity index (χ0) is 60.9. The minimum Gasteiger partial charge on any atom is -0.493 e. The van der Waals surface area contributed by atoms with Crippen LogP contribution < -0.4 is 51.3 Å². The van der Waals surface area contributed by atoms with Crippen molar-refractivity contribution in [2.45, 2.75) is 109 Å².